The molecule has 0 bridgehead atoms. The van der Waals surface area contributed by atoms with Crippen LogP contribution in [0.5, 0.6) is 0 Å². The fourth-order valence-electron chi connectivity index (χ4n) is 2.49. The highest BCUT2D eigenvalue weighted by atomic mass is 19.1. The Morgan fingerprint density at radius 2 is 1.68 bits per heavy atom. The summed E-state index contributed by atoms with van der Waals surface area (Å²) in [6.07, 6.45) is 1.64. The molecule has 0 saturated heterocycles. The van der Waals surface area contributed by atoms with Gasteiger partial charge in [-0.15, -0.1) is 0 Å². The molecule has 3 nitrogen and oxygen atoms in total. The smallest absolute Gasteiger partial charge is 0.229 e. The van der Waals surface area contributed by atoms with Crippen molar-refractivity contribution in [3.63, 3.8) is 0 Å². The molecular weight excluding hydrogens is 281 g/mol. The number of hydrogen-bond acceptors (Lipinski definition) is 3. The summed E-state index contributed by atoms with van der Waals surface area (Å²) in [7, 11) is 0. The van der Waals surface area contributed by atoms with Crippen molar-refractivity contribution in [2.75, 3.05) is 0 Å². The van der Waals surface area contributed by atoms with Crippen LogP contribution in [0.4, 0.5) is 4.39 Å². The summed E-state index contributed by atoms with van der Waals surface area (Å²) < 4.78 is 19.9. The summed E-state index contributed by atoms with van der Waals surface area (Å²) in [5, 5.41) is 2.07. The summed E-state index contributed by atoms with van der Waals surface area (Å²) >= 11 is 0. The Balaban J connectivity index is 2.03. The monoisotopic (exact) mass is 291 g/mol. The number of aromatic nitrogens is 1. The third kappa shape index (κ3) is 1.89. The molecule has 0 N–H and O–H groups in total. The third-order valence-corrected chi connectivity index (χ3v) is 3.61. The molecule has 0 atom stereocenters. The van der Waals surface area contributed by atoms with E-state index in [0.717, 1.165) is 10.8 Å². The fraction of sp³-hybridized carbons (Fsp3) is 0. The summed E-state index contributed by atoms with van der Waals surface area (Å²) in [6.45, 7) is 0. The molecule has 0 aliphatic heterocycles. The van der Waals surface area contributed by atoms with Crippen LogP contribution in [0.15, 0.2) is 70.0 Å². The van der Waals surface area contributed by atoms with Gasteiger partial charge in [0, 0.05) is 11.6 Å². The van der Waals surface area contributed by atoms with Crippen molar-refractivity contribution >= 4 is 21.7 Å². The van der Waals surface area contributed by atoms with Gasteiger partial charge in [-0.3, -0.25) is 9.78 Å². The van der Waals surface area contributed by atoms with Crippen LogP contribution in [0, 0.1) is 5.82 Å². The molecule has 0 unspecified atom stereocenters. The van der Waals surface area contributed by atoms with Gasteiger partial charge in [0.1, 0.15) is 11.3 Å². The van der Waals surface area contributed by atoms with Gasteiger partial charge in [0.25, 0.3) is 0 Å². The van der Waals surface area contributed by atoms with Crippen molar-refractivity contribution in [2.24, 2.45) is 0 Å². The van der Waals surface area contributed by atoms with E-state index in [9.17, 15) is 9.18 Å². The predicted molar refractivity (Wildman–Crippen MR) is 83.2 cm³/mol. The Labute approximate surface area is 124 Å². The molecule has 0 fully saturated rings. The SMILES string of the molecule is O=c1c(F)c(-c2cc3ccccc3cn2)oc2ccccc12. The van der Waals surface area contributed by atoms with E-state index >= 15 is 0 Å². The zero-order valence-corrected chi connectivity index (χ0v) is 11.4. The number of benzene rings is 2. The highest BCUT2D eigenvalue weighted by molar-refractivity contribution is 5.85. The van der Waals surface area contributed by atoms with Crippen LogP contribution in [0.25, 0.3) is 33.2 Å². The molecule has 4 heteroatoms. The van der Waals surface area contributed by atoms with Gasteiger partial charge >= 0.3 is 0 Å². The number of pyridine rings is 1. The number of nitrogens with zero attached hydrogens (tertiary/aromatic N) is 1. The predicted octanol–water partition coefficient (Wildman–Crippen LogP) is 4.15. The normalized spacial score (nSPS) is 11.1. The van der Waals surface area contributed by atoms with Crippen molar-refractivity contribution < 1.29 is 8.81 Å². The first-order valence-electron chi connectivity index (χ1n) is 6.80. The number of rotatable bonds is 1. The molecule has 4 aromatic rings. The molecule has 0 saturated carbocycles. The van der Waals surface area contributed by atoms with E-state index in [0.29, 0.717) is 11.3 Å². The Bertz CT molecular complexity index is 1070. The quantitative estimate of drug-likeness (QED) is 0.529. The average molecular weight is 291 g/mol. The van der Waals surface area contributed by atoms with Crippen LogP contribution < -0.4 is 5.43 Å². The van der Waals surface area contributed by atoms with Crippen LogP contribution in [-0.2, 0) is 0 Å². The van der Waals surface area contributed by atoms with Gasteiger partial charge in [0.15, 0.2) is 5.76 Å². The average Bonchev–Trinajstić information content (AvgIpc) is 2.58. The van der Waals surface area contributed by atoms with E-state index in [4.69, 9.17) is 4.42 Å². The standard InChI is InChI=1S/C18H10FNO2/c19-16-17(21)13-7-3-4-8-15(13)22-18(16)14-9-11-5-1-2-6-12(11)10-20-14/h1-10H. The summed E-state index contributed by atoms with van der Waals surface area (Å²) in [5.74, 6) is -1.05. The maximum absolute atomic E-state index is 14.4. The summed E-state index contributed by atoms with van der Waals surface area (Å²) in [4.78, 5) is 16.3. The first-order chi connectivity index (χ1) is 10.7. The molecule has 2 aromatic carbocycles. The zero-order chi connectivity index (χ0) is 15.1. The Kier molecular flexibility index (Phi) is 2.76. The van der Waals surface area contributed by atoms with E-state index in [1.54, 1.807) is 36.5 Å². The van der Waals surface area contributed by atoms with Gasteiger partial charge in [0.05, 0.1) is 5.39 Å². The largest absolute Gasteiger partial charge is 0.451 e. The number of para-hydroxylation sites is 1. The maximum Gasteiger partial charge on any atom is 0.229 e. The third-order valence-electron chi connectivity index (χ3n) is 3.61. The second kappa shape index (κ2) is 4.77. The van der Waals surface area contributed by atoms with E-state index < -0.39 is 11.2 Å². The molecule has 22 heavy (non-hydrogen) atoms. The van der Waals surface area contributed by atoms with Crippen LogP contribution >= 0.6 is 0 Å². The van der Waals surface area contributed by atoms with Gasteiger partial charge in [0.2, 0.25) is 11.2 Å². The second-order valence-corrected chi connectivity index (χ2v) is 4.99. The topological polar surface area (TPSA) is 43.1 Å². The first kappa shape index (κ1) is 12.7. The first-order valence-corrected chi connectivity index (χ1v) is 6.80. The van der Waals surface area contributed by atoms with Crippen LogP contribution in [-0.4, -0.2) is 4.98 Å². The maximum atomic E-state index is 14.4. The van der Waals surface area contributed by atoms with Gasteiger partial charge in [-0.25, -0.2) is 0 Å². The lowest BCUT2D eigenvalue weighted by Crippen LogP contribution is -2.08. The Hall–Kier alpha value is -3.01. The van der Waals surface area contributed by atoms with Crippen LogP contribution in [0.2, 0.25) is 0 Å². The lowest BCUT2D eigenvalue weighted by Gasteiger charge is -2.05. The number of halogens is 1. The van der Waals surface area contributed by atoms with Crippen LogP contribution in [0.1, 0.15) is 0 Å². The van der Waals surface area contributed by atoms with E-state index in [1.807, 2.05) is 24.3 Å². The van der Waals surface area contributed by atoms with Crippen molar-refractivity contribution in [3.05, 3.63) is 76.8 Å². The number of fused-ring (bicyclic) bond motifs is 2. The van der Waals surface area contributed by atoms with Crippen molar-refractivity contribution in [1.82, 2.24) is 4.98 Å². The van der Waals surface area contributed by atoms with Gasteiger partial charge in [-0.1, -0.05) is 36.4 Å². The van der Waals surface area contributed by atoms with Gasteiger partial charge < -0.3 is 4.42 Å². The minimum absolute atomic E-state index is 0.130. The van der Waals surface area contributed by atoms with Gasteiger partial charge in [-0.05, 0) is 23.6 Å². The van der Waals surface area contributed by atoms with E-state index in [-0.39, 0.29) is 11.1 Å². The zero-order valence-electron chi connectivity index (χ0n) is 11.4. The lowest BCUT2D eigenvalue weighted by atomic mass is 10.1. The molecule has 2 aromatic heterocycles. The van der Waals surface area contributed by atoms with E-state index in [1.165, 1.54) is 0 Å². The van der Waals surface area contributed by atoms with Crippen molar-refractivity contribution in [2.45, 2.75) is 0 Å². The van der Waals surface area contributed by atoms with Crippen molar-refractivity contribution in [3.8, 4) is 11.5 Å². The molecule has 2 heterocycles. The second-order valence-electron chi connectivity index (χ2n) is 4.99. The molecule has 106 valence electrons. The molecule has 0 radical (unpaired) electrons. The van der Waals surface area contributed by atoms with Crippen LogP contribution in [0.3, 0.4) is 0 Å². The Morgan fingerprint density at radius 1 is 0.955 bits per heavy atom. The minimum atomic E-state index is -0.915. The fourth-order valence-corrected chi connectivity index (χ4v) is 2.49. The minimum Gasteiger partial charge on any atom is -0.451 e. The molecule has 0 spiro atoms. The highest BCUT2D eigenvalue weighted by Crippen LogP contribution is 2.25. The van der Waals surface area contributed by atoms with Gasteiger partial charge in [-0.2, -0.15) is 4.39 Å². The van der Waals surface area contributed by atoms with Crippen molar-refractivity contribution in [1.29, 1.82) is 0 Å². The molecular formula is C18H10FNO2. The molecule has 4 rings (SSSR count). The Morgan fingerprint density at radius 3 is 2.55 bits per heavy atom. The summed E-state index contributed by atoms with van der Waals surface area (Å²) in [6, 6.07) is 15.9. The summed E-state index contributed by atoms with van der Waals surface area (Å²) in [5.41, 5.74) is -0.0234. The molecule has 0 aliphatic rings. The molecule has 0 aliphatic carbocycles. The highest BCUT2D eigenvalue weighted by Gasteiger charge is 2.16. The number of hydrogen-bond donors (Lipinski definition) is 0. The molecule has 0 amide bonds. The van der Waals surface area contributed by atoms with E-state index in [2.05, 4.69) is 4.98 Å². The lowest BCUT2D eigenvalue weighted by molar-refractivity contribution is 0.533.